The largest absolute Gasteiger partial charge is 0.491 e. The van der Waals surface area contributed by atoms with Crippen molar-refractivity contribution < 1.29 is 19.4 Å². The van der Waals surface area contributed by atoms with Crippen LogP contribution in [0.1, 0.15) is 43.1 Å². The Morgan fingerprint density at radius 1 is 1.10 bits per heavy atom. The van der Waals surface area contributed by atoms with E-state index >= 15 is 0 Å². The van der Waals surface area contributed by atoms with Gasteiger partial charge in [-0.25, -0.2) is 4.79 Å². The van der Waals surface area contributed by atoms with Crippen LogP contribution in [0.4, 0.5) is 0 Å². The summed E-state index contributed by atoms with van der Waals surface area (Å²) in [5.41, 5.74) is 4.01. The van der Waals surface area contributed by atoms with Gasteiger partial charge in [-0.2, -0.15) is 0 Å². The SMILES string of the molecule is CCCc1c(-c2ccc(OC(C)C)cc2)n(CC(=O)N(C)C)c2cc(C(=O)O)ccc12. The van der Waals surface area contributed by atoms with Gasteiger partial charge in [-0.3, -0.25) is 4.79 Å². The summed E-state index contributed by atoms with van der Waals surface area (Å²) >= 11 is 0. The highest BCUT2D eigenvalue weighted by molar-refractivity contribution is 5.98. The van der Waals surface area contributed by atoms with E-state index in [1.54, 1.807) is 31.1 Å². The molecule has 1 N–H and O–H groups in total. The number of likely N-dealkylation sites (N-methyl/N-ethyl adjacent to an activating group) is 1. The fourth-order valence-corrected chi connectivity index (χ4v) is 3.79. The van der Waals surface area contributed by atoms with Crippen LogP contribution in [0.3, 0.4) is 0 Å². The molecule has 3 aromatic rings. The van der Waals surface area contributed by atoms with Crippen molar-refractivity contribution in [2.24, 2.45) is 0 Å². The van der Waals surface area contributed by atoms with Crippen LogP contribution in [-0.4, -0.2) is 46.6 Å². The van der Waals surface area contributed by atoms with E-state index in [1.807, 2.05) is 48.7 Å². The van der Waals surface area contributed by atoms with Gasteiger partial charge in [0.1, 0.15) is 12.3 Å². The second-order valence-corrected chi connectivity index (χ2v) is 8.18. The lowest BCUT2D eigenvalue weighted by Gasteiger charge is -2.16. The number of amides is 1. The zero-order valence-electron chi connectivity index (χ0n) is 18.8. The standard InChI is InChI=1S/C25H30N2O4/c1-6-7-21-20-13-10-18(25(29)30)14-22(20)27(15-23(28)26(4)5)24(21)17-8-11-19(12-9-17)31-16(2)3/h8-14,16H,6-7,15H2,1-5H3,(H,29,30). The number of ether oxygens (including phenoxy) is 1. The first-order valence-electron chi connectivity index (χ1n) is 10.6. The maximum absolute atomic E-state index is 12.7. The topological polar surface area (TPSA) is 71.8 Å². The highest BCUT2D eigenvalue weighted by Gasteiger charge is 2.21. The fraction of sp³-hybridized carbons (Fsp3) is 0.360. The molecule has 0 spiro atoms. The number of benzene rings is 2. The van der Waals surface area contributed by atoms with Crippen LogP contribution in [0.2, 0.25) is 0 Å². The first-order chi connectivity index (χ1) is 14.7. The van der Waals surface area contributed by atoms with E-state index in [2.05, 4.69) is 6.92 Å². The highest BCUT2D eigenvalue weighted by atomic mass is 16.5. The lowest BCUT2D eigenvalue weighted by atomic mass is 10.0. The smallest absolute Gasteiger partial charge is 0.335 e. The van der Waals surface area contributed by atoms with Gasteiger partial charge in [0.2, 0.25) is 5.91 Å². The number of hydrogen-bond donors (Lipinski definition) is 1. The molecule has 31 heavy (non-hydrogen) atoms. The third-order valence-electron chi connectivity index (χ3n) is 5.21. The van der Waals surface area contributed by atoms with Crippen molar-refractivity contribution in [1.29, 1.82) is 0 Å². The zero-order chi connectivity index (χ0) is 22.7. The molecule has 2 aromatic carbocycles. The number of carbonyl (C=O) groups excluding carboxylic acids is 1. The van der Waals surface area contributed by atoms with E-state index < -0.39 is 5.97 Å². The molecule has 3 rings (SSSR count). The van der Waals surface area contributed by atoms with Crippen molar-refractivity contribution >= 4 is 22.8 Å². The van der Waals surface area contributed by atoms with E-state index in [-0.39, 0.29) is 24.1 Å². The second-order valence-electron chi connectivity index (χ2n) is 8.18. The molecule has 1 amide bonds. The minimum absolute atomic E-state index is 0.0540. The average Bonchev–Trinajstić information content (AvgIpc) is 3.01. The third kappa shape index (κ3) is 4.74. The molecular weight excluding hydrogens is 392 g/mol. The molecule has 0 radical (unpaired) electrons. The van der Waals surface area contributed by atoms with Crippen molar-refractivity contribution in [2.75, 3.05) is 14.1 Å². The summed E-state index contributed by atoms with van der Waals surface area (Å²) in [6, 6.07) is 13.0. The molecule has 0 aliphatic heterocycles. The molecule has 6 nitrogen and oxygen atoms in total. The summed E-state index contributed by atoms with van der Waals surface area (Å²) in [6.45, 7) is 6.22. The monoisotopic (exact) mass is 422 g/mol. The second kappa shape index (κ2) is 9.25. The molecule has 1 heterocycles. The van der Waals surface area contributed by atoms with E-state index in [0.29, 0.717) is 0 Å². The van der Waals surface area contributed by atoms with Crippen molar-refractivity contribution in [1.82, 2.24) is 9.47 Å². The number of carboxylic acid groups (broad SMARTS) is 1. The Kier molecular flexibility index (Phi) is 6.68. The molecule has 0 bridgehead atoms. The Labute approximate surface area is 183 Å². The Morgan fingerprint density at radius 3 is 2.32 bits per heavy atom. The zero-order valence-corrected chi connectivity index (χ0v) is 18.8. The van der Waals surface area contributed by atoms with Crippen molar-refractivity contribution in [2.45, 2.75) is 46.3 Å². The maximum atomic E-state index is 12.7. The number of aryl methyl sites for hydroxylation is 1. The Hall–Kier alpha value is -3.28. The predicted molar refractivity (Wildman–Crippen MR) is 123 cm³/mol. The molecule has 0 saturated heterocycles. The van der Waals surface area contributed by atoms with E-state index in [0.717, 1.165) is 46.3 Å². The molecule has 164 valence electrons. The minimum atomic E-state index is -0.984. The first kappa shape index (κ1) is 22.4. The number of aromatic nitrogens is 1. The summed E-state index contributed by atoms with van der Waals surface area (Å²) in [6.07, 6.45) is 1.84. The molecule has 1 aromatic heterocycles. The normalized spacial score (nSPS) is 11.2. The fourth-order valence-electron chi connectivity index (χ4n) is 3.79. The van der Waals surface area contributed by atoms with Crippen LogP contribution in [0.5, 0.6) is 5.75 Å². The van der Waals surface area contributed by atoms with Gasteiger partial charge in [-0.05, 0) is 67.8 Å². The Morgan fingerprint density at radius 2 is 1.77 bits per heavy atom. The molecule has 0 aliphatic rings. The highest BCUT2D eigenvalue weighted by Crippen LogP contribution is 2.36. The van der Waals surface area contributed by atoms with Crippen LogP contribution in [-0.2, 0) is 17.8 Å². The van der Waals surface area contributed by atoms with Crippen LogP contribution in [0.25, 0.3) is 22.2 Å². The van der Waals surface area contributed by atoms with E-state index in [9.17, 15) is 14.7 Å². The first-order valence-corrected chi connectivity index (χ1v) is 10.6. The van der Waals surface area contributed by atoms with Gasteiger partial charge >= 0.3 is 5.97 Å². The van der Waals surface area contributed by atoms with Gasteiger partial charge in [0.05, 0.1) is 22.9 Å². The average molecular weight is 423 g/mol. The number of hydrogen-bond acceptors (Lipinski definition) is 3. The van der Waals surface area contributed by atoms with Gasteiger partial charge in [-0.15, -0.1) is 0 Å². The number of rotatable bonds is 8. The third-order valence-corrected chi connectivity index (χ3v) is 5.21. The van der Waals surface area contributed by atoms with E-state index in [4.69, 9.17) is 4.74 Å². The summed E-state index contributed by atoms with van der Waals surface area (Å²) in [4.78, 5) is 25.8. The van der Waals surface area contributed by atoms with Crippen molar-refractivity contribution in [3.05, 3.63) is 53.6 Å². The van der Waals surface area contributed by atoms with Crippen molar-refractivity contribution in [3.63, 3.8) is 0 Å². The maximum Gasteiger partial charge on any atom is 0.335 e. The number of nitrogens with zero attached hydrogens (tertiary/aromatic N) is 2. The van der Waals surface area contributed by atoms with Gasteiger partial charge in [0, 0.05) is 19.5 Å². The Balaban J connectivity index is 2.26. The molecular formula is C25H30N2O4. The predicted octanol–water partition coefficient (Wildman–Crippen LogP) is 4.83. The van der Waals surface area contributed by atoms with Crippen LogP contribution in [0.15, 0.2) is 42.5 Å². The molecule has 0 fully saturated rings. The van der Waals surface area contributed by atoms with E-state index in [1.165, 1.54) is 0 Å². The van der Waals surface area contributed by atoms with Crippen molar-refractivity contribution in [3.8, 4) is 17.0 Å². The quantitative estimate of drug-likeness (QED) is 0.564. The summed E-state index contributed by atoms with van der Waals surface area (Å²) in [5, 5.41) is 10.5. The molecule has 0 saturated carbocycles. The lowest BCUT2D eigenvalue weighted by Crippen LogP contribution is -2.26. The minimum Gasteiger partial charge on any atom is -0.491 e. The molecule has 6 heteroatoms. The summed E-state index contributed by atoms with van der Waals surface area (Å²) < 4.78 is 7.73. The van der Waals surface area contributed by atoms with Gasteiger partial charge in [0.25, 0.3) is 0 Å². The van der Waals surface area contributed by atoms with Gasteiger partial charge in [0.15, 0.2) is 0 Å². The molecule has 0 unspecified atom stereocenters. The van der Waals surface area contributed by atoms with Crippen LogP contribution < -0.4 is 4.74 Å². The van der Waals surface area contributed by atoms with Crippen LogP contribution >= 0.6 is 0 Å². The van der Waals surface area contributed by atoms with Crippen LogP contribution in [0, 0.1) is 0 Å². The molecule has 0 aliphatic carbocycles. The summed E-state index contributed by atoms with van der Waals surface area (Å²) in [5.74, 6) is -0.250. The number of fused-ring (bicyclic) bond motifs is 1. The number of aromatic carboxylic acids is 1. The number of carbonyl (C=O) groups is 2. The molecule has 0 atom stereocenters. The number of carboxylic acids is 1. The Bertz CT molecular complexity index is 1090. The van der Waals surface area contributed by atoms with Gasteiger partial charge in [-0.1, -0.05) is 19.4 Å². The lowest BCUT2D eigenvalue weighted by molar-refractivity contribution is -0.129. The van der Waals surface area contributed by atoms with Gasteiger partial charge < -0.3 is 19.3 Å². The summed E-state index contributed by atoms with van der Waals surface area (Å²) in [7, 11) is 3.45.